The number of carbonyl (C=O) groups excluding carboxylic acids is 2. The van der Waals surface area contributed by atoms with Crippen LogP contribution in [0.15, 0.2) is 0 Å². The van der Waals surface area contributed by atoms with Crippen molar-refractivity contribution in [2.75, 3.05) is 0 Å². The second kappa shape index (κ2) is 7.70. The summed E-state index contributed by atoms with van der Waals surface area (Å²) in [4.78, 5) is 22.0. The molecular weight excluding hydrogens is 549 g/mol. The third-order valence-corrected chi connectivity index (χ3v) is 2.73. The van der Waals surface area contributed by atoms with Crippen LogP contribution in [0.25, 0.3) is 0 Å². The molecule has 0 spiro atoms. The summed E-state index contributed by atoms with van der Waals surface area (Å²) in [6.45, 7) is 0. The number of Topliss-reactive ketones (excluding diaryl/α,β-unsaturated/α-hetero) is 1. The molecule has 2 fully saturated rings. The smallest absolute Gasteiger partial charge is 0.306 e. The Morgan fingerprint density at radius 3 is 2.38 bits per heavy atom. The van der Waals surface area contributed by atoms with Crippen molar-refractivity contribution in [1.82, 2.24) is 0 Å². The number of hydrogen-bond donors (Lipinski definition) is 0. The molecule has 0 bridgehead atoms. The van der Waals surface area contributed by atoms with E-state index in [1.165, 1.54) is 0 Å². The molecule has 1 saturated heterocycles. The van der Waals surface area contributed by atoms with E-state index in [0.717, 1.165) is 12.8 Å². The van der Waals surface area contributed by atoms with Gasteiger partial charge in [0.1, 0.15) is 11.8 Å². The Kier molecular flexibility index (Phi) is 7.40. The van der Waals surface area contributed by atoms with E-state index in [4.69, 9.17) is 4.74 Å². The van der Waals surface area contributed by atoms with Crippen molar-refractivity contribution in [2.24, 2.45) is 5.92 Å². The van der Waals surface area contributed by atoms with Crippen LogP contribution in [0.5, 0.6) is 0 Å². The molecule has 1 aliphatic heterocycles. The van der Waals surface area contributed by atoms with E-state index in [2.05, 4.69) is 67.8 Å². The van der Waals surface area contributed by atoms with Crippen LogP contribution in [0.3, 0.4) is 0 Å². The van der Waals surface area contributed by atoms with E-state index >= 15 is 0 Å². The molecule has 16 heavy (non-hydrogen) atoms. The molecule has 0 N–H and O–H groups in total. The topological polar surface area (TPSA) is 43.4 Å². The lowest BCUT2D eigenvalue weighted by Crippen LogP contribution is -2.37. The maximum atomic E-state index is 11.1. The molecule has 1 aliphatic carbocycles. The lowest BCUT2D eigenvalue weighted by Gasteiger charge is -2.33. The van der Waals surface area contributed by atoms with Gasteiger partial charge in [-0.3, -0.25) is 9.59 Å². The summed E-state index contributed by atoms with van der Waals surface area (Å²) in [5, 5.41) is 0. The molecule has 1 heterocycles. The SMILES string of the molecule is IC(I)I.O=C1CC[C@@H]2OC(=O)CC[C@@H]2C1. The minimum atomic E-state index is -0.0920. The molecule has 0 aromatic rings. The molecule has 0 radical (unpaired) electrons. The largest absolute Gasteiger partial charge is 0.462 e. The van der Waals surface area contributed by atoms with Gasteiger partial charge >= 0.3 is 5.97 Å². The molecule has 92 valence electrons. The van der Waals surface area contributed by atoms with Gasteiger partial charge < -0.3 is 4.74 Å². The van der Waals surface area contributed by atoms with Gasteiger partial charge in [0.15, 0.2) is 0 Å². The van der Waals surface area contributed by atoms with E-state index in [0.29, 0.717) is 31.0 Å². The first kappa shape index (κ1) is 15.4. The van der Waals surface area contributed by atoms with Crippen LogP contribution in [0.2, 0.25) is 0 Å². The molecule has 6 heteroatoms. The minimum Gasteiger partial charge on any atom is -0.462 e. The normalized spacial score (nSPS) is 29.0. The Labute approximate surface area is 136 Å². The molecule has 0 aromatic heterocycles. The first-order valence-electron chi connectivity index (χ1n) is 5.12. The minimum absolute atomic E-state index is 0.0453. The van der Waals surface area contributed by atoms with Gasteiger partial charge in [-0.1, -0.05) is 67.8 Å². The van der Waals surface area contributed by atoms with Gasteiger partial charge in [-0.05, 0) is 12.8 Å². The second-order valence-corrected chi connectivity index (χ2v) is 14.7. The fourth-order valence-corrected chi connectivity index (χ4v) is 2.04. The highest BCUT2D eigenvalue weighted by molar-refractivity contribution is 14.3. The van der Waals surface area contributed by atoms with Crippen molar-refractivity contribution in [2.45, 2.75) is 38.1 Å². The summed E-state index contributed by atoms with van der Waals surface area (Å²) >= 11 is 6.95. The number of carbonyl (C=O) groups is 2. The summed E-state index contributed by atoms with van der Waals surface area (Å²) in [6.07, 6.45) is 3.34. The average molecular weight is 562 g/mol. The number of fused-ring (bicyclic) bond motifs is 1. The van der Waals surface area contributed by atoms with Crippen molar-refractivity contribution in [1.29, 1.82) is 0 Å². The quantitative estimate of drug-likeness (QED) is 0.258. The van der Waals surface area contributed by atoms with Crippen molar-refractivity contribution >= 4 is 79.5 Å². The number of alkyl halides is 3. The molecule has 0 aromatic carbocycles. The first-order chi connectivity index (χ1) is 7.49. The van der Waals surface area contributed by atoms with E-state index in [1.807, 2.05) is 0 Å². The van der Waals surface area contributed by atoms with E-state index in [9.17, 15) is 9.59 Å². The van der Waals surface area contributed by atoms with Crippen LogP contribution in [0.4, 0.5) is 0 Å². The van der Waals surface area contributed by atoms with E-state index in [-0.39, 0.29) is 12.1 Å². The van der Waals surface area contributed by atoms with Crippen LogP contribution < -0.4 is 0 Å². The van der Waals surface area contributed by atoms with Crippen LogP contribution in [0, 0.1) is 5.92 Å². The van der Waals surface area contributed by atoms with Gasteiger partial charge in [-0.2, -0.15) is 0 Å². The Hall–Kier alpha value is 1.33. The highest BCUT2D eigenvalue weighted by Crippen LogP contribution is 2.32. The summed E-state index contributed by atoms with van der Waals surface area (Å²) < 4.78 is 5.89. The fraction of sp³-hybridized carbons (Fsp3) is 0.800. The number of rotatable bonds is 0. The molecule has 3 nitrogen and oxygen atoms in total. The zero-order valence-corrected chi connectivity index (χ0v) is 15.1. The van der Waals surface area contributed by atoms with Gasteiger partial charge in [-0.25, -0.2) is 0 Å². The Balaban J connectivity index is 0.000000280. The summed E-state index contributed by atoms with van der Waals surface area (Å²) in [5.74, 6) is 0.559. The molecule has 2 rings (SSSR count). The highest BCUT2D eigenvalue weighted by Gasteiger charge is 2.35. The van der Waals surface area contributed by atoms with Crippen LogP contribution in [0.1, 0.15) is 32.1 Å². The lowest BCUT2D eigenvalue weighted by atomic mass is 9.81. The van der Waals surface area contributed by atoms with Crippen LogP contribution >= 0.6 is 67.8 Å². The number of halogens is 3. The van der Waals surface area contributed by atoms with Gasteiger partial charge in [0, 0.05) is 25.2 Å². The fourth-order valence-electron chi connectivity index (χ4n) is 2.04. The molecule has 2 aliphatic rings. The molecular formula is C10H13I3O3. The Bertz CT molecular complexity index is 241. The van der Waals surface area contributed by atoms with Gasteiger partial charge in [0.05, 0.1) is 0 Å². The van der Waals surface area contributed by atoms with Crippen LogP contribution in [-0.2, 0) is 14.3 Å². The summed E-state index contributed by atoms with van der Waals surface area (Å²) in [7, 11) is 0. The van der Waals surface area contributed by atoms with E-state index in [1.54, 1.807) is 0 Å². The third kappa shape index (κ3) is 5.78. The highest BCUT2D eigenvalue weighted by atomic mass is 127. The summed E-state index contributed by atoms with van der Waals surface area (Å²) in [6, 6.07) is 0. The van der Waals surface area contributed by atoms with E-state index < -0.39 is 0 Å². The number of ketones is 1. The molecule has 0 amide bonds. The van der Waals surface area contributed by atoms with Crippen molar-refractivity contribution in [3.05, 3.63) is 0 Å². The number of hydrogen-bond acceptors (Lipinski definition) is 3. The van der Waals surface area contributed by atoms with Crippen molar-refractivity contribution < 1.29 is 14.3 Å². The summed E-state index contributed by atoms with van der Waals surface area (Å²) in [5.41, 5.74) is 0. The Morgan fingerprint density at radius 1 is 1.12 bits per heavy atom. The maximum absolute atomic E-state index is 11.1. The average Bonchev–Trinajstić information content (AvgIpc) is 2.17. The molecule has 1 saturated carbocycles. The maximum Gasteiger partial charge on any atom is 0.306 e. The van der Waals surface area contributed by atoms with Crippen molar-refractivity contribution in [3.8, 4) is 0 Å². The predicted molar refractivity (Wildman–Crippen MR) is 87.3 cm³/mol. The monoisotopic (exact) mass is 562 g/mol. The lowest BCUT2D eigenvalue weighted by molar-refractivity contribution is -0.162. The van der Waals surface area contributed by atoms with Gasteiger partial charge in [-0.15, -0.1) is 0 Å². The van der Waals surface area contributed by atoms with Gasteiger partial charge in [0.25, 0.3) is 0 Å². The number of ether oxygens (including phenoxy) is 1. The second-order valence-electron chi connectivity index (χ2n) is 3.86. The first-order valence-corrected chi connectivity index (χ1v) is 8.86. The van der Waals surface area contributed by atoms with Crippen LogP contribution in [-0.4, -0.2) is 17.8 Å². The number of esters is 1. The molecule has 2 atom stereocenters. The zero-order chi connectivity index (χ0) is 12.1. The zero-order valence-electron chi connectivity index (χ0n) is 8.63. The Morgan fingerprint density at radius 2 is 1.75 bits per heavy atom. The van der Waals surface area contributed by atoms with Crippen molar-refractivity contribution in [3.63, 3.8) is 0 Å². The van der Waals surface area contributed by atoms with Gasteiger partial charge in [0.2, 0.25) is 0 Å². The predicted octanol–water partition coefficient (Wildman–Crippen LogP) is 3.64. The third-order valence-electron chi connectivity index (χ3n) is 2.73. The molecule has 0 unspecified atom stereocenters. The standard InChI is InChI=1S/C9H12O3.CHI3/c10-7-2-3-8-6(5-7)1-4-9(11)12-8;2-1(3)4/h6,8H,1-5H2;1H/t6-,8+;/m1./s1.